The van der Waals surface area contributed by atoms with Gasteiger partial charge >= 0.3 is 0 Å². The molecule has 0 fully saturated rings. The van der Waals surface area contributed by atoms with E-state index in [2.05, 4.69) is 188 Å². The van der Waals surface area contributed by atoms with Crippen LogP contribution in [0.25, 0.3) is 67.3 Å². The van der Waals surface area contributed by atoms with Gasteiger partial charge < -0.3 is 0 Å². The fourth-order valence-corrected chi connectivity index (χ4v) is 10.1. The Labute approximate surface area is 331 Å². The van der Waals surface area contributed by atoms with E-state index in [0.29, 0.717) is 5.82 Å². The quantitative estimate of drug-likeness (QED) is 0.176. The normalized spacial score (nSPS) is 13.1. The van der Waals surface area contributed by atoms with E-state index in [1.165, 1.54) is 48.7 Å². The van der Waals surface area contributed by atoms with Crippen molar-refractivity contribution in [3.05, 3.63) is 229 Å². The summed E-state index contributed by atoms with van der Waals surface area (Å²) in [5.41, 5.74) is 17.0. The highest BCUT2D eigenvalue weighted by molar-refractivity contribution is 7.99. The Morgan fingerprint density at radius 3 is 1.57 bits per heavy atom. The summed E-state index contributed by atoms with van der Waals surface area (Å²) in [6, 6.07) is 74.4. The van der Waals surface area contributed by atoms with Crippen molar-refractivity contribution in [2.75, 3.05) is 0 Å². The predicted octanol–water partition coefficient (Wildman–Crippen LogP) is 13.6. The van der Waals surface area contributed by atoms with E-state index in [1.807, 2.05) is 30.0 Å². The minimum absolute atomic E-state index is 0.443. The summed E-state index contributed by atoms with van der Waals surface area (Å²) in [5.74, 6) is 0.703. The first-order valence-electron chi connectivity index (χ1n) is 19.1. The van der Waals surface area contributed by atoms with E-state index in [1.54, 1.807) is 0 Å². The van der Waals surface area contributed by atoms with Crippen LogP contribution in [0.4, 0.5) is 0 Å². The lowest BCUT2D eigenvalue weighted by atomic mass is 9.67. The average Bonchev–Trinajstić information content (AvgIpc) is 3.57. The van der Waals surface area contributed by atoms with Gasteiger partial charge in [-0.25, -0.2) is 9.97 Å². The highest BCUT2D eigenvalue weighted by Crippen LogP contribution is 2.62. The lowest BCUT2D eigenvalue weighted by Gasteiger charge is -2.40. The van der Waals surface area contributed by atoms with Gasteiger partial charge in [-0.05, 0) is 86.0 Å². The van der Waals surface area contributed by atoms with E-state index in [0.717, 1.165) is 44.8 Å². The summed E-state index contributed by atoms with van der Waals surface area (Å²) in [6.45, 7) is 0. The van der Waals surface area contributed by atoms with Crippen molar-refractivity contribution < 1.29 is 0 Å². The molecule has 0 saturated carbocycles. The largest absolute Gasteiger partial charge is 0.228 e. The van der Waals surface area contributed by atoms with Crippen LogP contribution >= 0.6 is 11.8 Å². The lowest BCUT2D eigenvalue weighted by molar-refractivity contribution is 0.723. The monoisotopic (exact) mass is 730 g/mol. The Hall–Kier alpha value is -6.81. The number of fused-ring (bicyclic) bond motifs is 9. The Bertz CT molecular complexity index is 2910. The molecular formula is C53H34N2S. The van der Waals surface area contributed by atoms with Gasteiger partial charge in [0.1, 0.15) is 0 Å². The van der Waals surface area contributed by atoms with Crippen LogP contribution in [0.2, 0.25) is 0 Å². The highest BCUT2D eigenvalue weighted by Gasteiger charge is 2.50. The Kier molecular flexibility index (Phi) is 7.68. The van der Waals surface area contributed by atoms with Crippen LogP contribution in [0, 0.1) is 0 Å². The van der Waals surface area contributed by atoms with Gasteiger partial charge in [-0.3, -0.25) is 0 Å². The molecular weight excluding hydrogens is 697 g/mol. The molecule has 2 nitrogen and oxygen atoms in total. The summed E-state index contributed by atoms with van der Waals surface area (Å²) < 4.78 is 0. The van der Waals surface area contributed by atoms with Gasteiger partial charge in [0.25, 0.3) is 0 Å². The molecule has 3 heteroatoms. The Morgan fingerprint density at radius 2 is 0.839 bits per heavy atom. The molecule has 2 heterocycles. The molecule has 1 aromatic heterocycles. The number of hydrogen-bond acceptors (Lipinski definition) is 3. The zero-order chi connectivity index (χ0) is 37.1. The number of aromatic nitrogens is 2. The minimum atomic E-state index is -0.443. The summed E-state index contributed by atoms with van der Waals surface area (Å²) in [6.07, 6.45) is 0. The second-order valence-corrected chi connectivity index (χ2v) is 15.6. The molecule has 9 aromatic rings. The number of rotatable bonds is 5. The van der Waals surface area contributed by atoms with Crippen LogP contribution in [0.15, 0.2) is 216 Å². The summed E-state index contributed by atoms with van der Waals surface area (Å²) in [4.78, 5) is 13.1. The third-order valence-electron chi connectivity index (χ3n) is 11.4. The van der Waals surface area contributed by atoms with E-state index < -0.39 is 5.41 Å². The zero-order valence-electron chi connectivity index (χ0n) is 30.4. The second-order valence-electron chi connectivity index (χ2n) is 14.5. The maximum atomic E-state index is 5.30. The standard InChI is InChI=1S/C53H34N2S/c1-3-16-35(17-4-1)37-20-15-21-39(32-37)48-34-49(55-52(54-48)36-18-5-2-6-19-36)43-25-8-7-22-40(43)38-30-31-51-47(33-38)53(46-28-13-14-29-50(46)56-51)44-26-11-9-23-41(44)42-24-10-12-27-45(42)53/h1-34H. The first-order chi connectivity index (χ1) is 27.8. The first-order valence-corrected chi connectivity index (χ1v) is 19.9. The third kappa shape index (κ3) is 5.12. The molecule has 262 valence electrons. The van der Waals surface area contributed by atoms with E-state index in [9.17, 15) is 0 Å². The SMILES string of the molecule is c1ccc(-c2cccc(-c3cc(-c4ccccc4-c4ccc5c(c4)C4(c6ccccc6S5)c5ccccc5-c5ccccc54)nc(-c4ccccc4)n3)c2)cc1. The minimum Gasteiger partial charge on any atom is -0.228 e. The maximum Gasteiger partial charge on any atom is 0.160 e. The summed E-state index contributed by atoms with van der Waals surface area (Å²) in [5, 5.41) is 0. The molecule has 1 aliphatic carbocycles. The van der Waals surface area contributed by atoms with Gasteiger partial charge in [-0.15, -0.1) is 0 Å². The molecule has 0 amide bonds. The molecule has 0 atom stereocenters. The number of benzene rings is 8. The molecule has 0 radical (unpaired) electrons. The van der Waals surface area contributed by atoms with Crippen LogP contribution < -0.4 is 0 Å². The maximum absolute atomic E-state index is 5.30. The molecule has 1 aliphatic heterocycles. The topological polar surface area (TPSA) is 25.8 Å². The van der Waals surface area contributed by atoms with Crippen molar-refractivity contribution in [3.63, 3.8) is 0 Å². The molecule has 1 spiro atoms. The third-order valence-corrected chi connectivity index (χ3v) is 12.5. The molecule has 0 bridgehead atoms. The smallest absolute Gasteiger partial charge is 0.160 e. The van der Waals surface area contributed by atoms with E-state index in [4.69, 9.17) is 9.97 Å². The van der Waals surface area contributed by atoms with Gasteiger partial charge in [0.05, 0.1) is 16.8 Å². The van der Waals surface area contributed by atoms with E-state index >= 15 is 0 Å². The second kappa shape index (κ2) is 13.2. The molecule has 0 unspecified atom stereocenters. The highest BCUT2D eigenvalue weighted by atomic mass is 32.2. The van der Waals surface area contributed by atoms with E-state index in [-0.39, 0.29) is 0 Å². The fraction of sp³-hybridized carbons (Fsp3) is 0.0189. The first kappa shape index (κ1) is 32.6. The molecule has 8 aromatic carbocycles. The number of hydrogen-bond donors (Lipinski definition) is 0. The Morgan fingerprint density at radius 1 is 0.304 bits per heavy atom. The van der Waals surface area contributed by atoms with Crippen LogP contribution in [0.1, 0.15) is 22.3 Å². The average molecular weight is 731 g/mol. The van der Waals surface area contributed by atoms with Gasteiger partial charge in [0.2, 0.25) is 0 Å². The van der Waals surface area contributed by atoms with Crippen molar-refractivity contribution in [1.29, 1.82) is 0 Å². The van der Waals surface area contributed by atoms with Crippen molar-refractivity contribution in [2.45, 2.75) is 15.2 Å². The van der Waals surface area contributed by atoms with Crippen molar-refractivity contribution in [1.82, 2.24) is 9.97 Å². The molecule has 11 rings (SSSR count). The van der Waals surface area contributed by atoms with Gasteiger partial charge in [0, 0.05) is 26.5 Å². The fourth-order valence-electron chi connectivity index (χ4n) is 8.92. The lowest BCUT2D eigenvalue weighted by Crippen LogP contribution is -2.32. The number of nitrogens with zero attached hydrogens (tertiary/aromatic N) is 2. The summed E-state index contributed by atoms with van der Waals surface area (Å²) >= 11 is 1.88. The van der Waals surface area contributed by atoms with Crippen molar-refractivity contribution in [3.8, 4) is 67.3 Å². The van der Waals surface area contributed by atoms with Gasteiger partial charge in [-0.2, -0.15) is 0 Å². The van der Waals surface area contributed by atoms with Crippen molar-refractivity contribution >= 4 is 11.8 Å². The van der Waals surface area contributed by atoms with Crippen molar-refractivity contribution in [2.24, 2.45) is 0 Å². The predicted molar refractivity (Wildman–Crippen MR) is 231 cm³/mol. The molecule has 56 heavy (non-hydrogen) atoms. The zero-order valence-corrected chi connectivity index (χ0v) is 31.2. The Balaban J connectivity index is 1.12. The van der Waals surface area contributed by atoms with Crippen LogP contribution in [-0.4, -0.2) is 9.97 Å². The van der Waals surface area contributed by atoms with Crippen LogP contribution in [-0.2, 0) is 5.41 Å². The van der Waals surface area contributed by atoms with Crippen LogP contribution in [0.5, 0.6) is 0 Å². The summed E-state index contributed by atoms with van der Waals surface area (Å²) in [7, 11) is 0. The van der Waals surface area contributed by atoms with Crippen LogP contribution in [0.3, 0.4) is 0 Å². The molecule has 0 saturated heterocycles. The van der Waals surface area contributed by atoms with Gasteiger partial charge in [0.15, 0.2) is 5.82 Å². The van der Waals surface area contributed by atoms with Gasteiger partial charge in [-0.1, -0.05) is 188 Å². The molecule has 2 aliphatic rings. The molecule has 0 N–H and O–H groups in total.